The molecule has 5 heterocycles. The van der Waals surface area contributed by atoms with Gasteiger partial charge in [-0.1, -0.05) is 6.08 Å². The zero-order chi connectivity index (χ0) is 25.8. The van der Waals surface area contributed by atoms with Crippen LogP contribution in [0.15, 0.2) is 48.8 Å². The van der Waals surface area contributed by atoms with Crippen LogP contribution in [0.4, 0.5) is 0 Å². The molecule has 1 N–H and O–H groups in total. The normalized spacial score (nSPS) is 17.1. The van der Waals surface area contributed by atoms with Crippen LogP contribution in [0.2, 0.25) is 0 Å². The van der Waals surface area contributed by atoms with Crippen LogP contribution in [0.25, 0.3) is 27.6 Å². The van der Waals surface area contributed by atoms with Gasteiger partial charge >= 0.3 is 0 Å². The summed E-state index contributed by atoms with van der Waals surface area (Å²) >= 11 is 0. The van der Waals surface area contributed by atoms with E-state index in [4.69, 9.17) is 4.74 Å². The van der Waals surface area contributed by atoms with Gasteiger partial charge in [0, 0.05) is 66.2 Å². The molecular weight excluding hydrogens is 476 g/mol. The van der Waals surface area contributed by atoms with E-state index in [0.29, 0.717) is 30.5 Å². The minimum absolute atomic E-state index is 0.0299. The Morgan fingerprint density at radius 2 is 2.08 bits per heavy atom. The Morgan fingerprint density at radius 1 is 1.18 bits per heavy atom. The summed E-state index contributed by atoms with van der Waals surface area (Å²) in [5.41, 5.74) is 8.51. The van der Waals surface area contributed by atoms with Crippen molar-refractivity contribution in [3.8, 4) is 17.0 Å². The number of pyridine rings is 1. The number of amides is 1. The van der Waals surface area contributed by atoms with Crippen molar-refractivity contribution < 1.29 is 9.53 Å². The summed E-state index contributed by atoms with van der Waals surface area (Å²) in [6.07, 6.45) is 9.54. The molecule has 4 aromatic rings. The van der Waals surface area contributed by atoms with Crippen molar-refractivity contribution in [1.29, 1.82) is 0 Å². The lowest BCUT2D eigenvalue weighted by Crippen LogP contribution is -2.26. The highest BCUT2D eigenvalue weighted by Gasteiger charge is 2.30. The van der Waals surface area contributed by atoms with Gasteiger partial charge in [-0.3, -0.25) is 9.48 Å². The molecule has 38 heavy (non-hydrogen) atoms. The second kappa shape index (κ2) is 9.13. The first kappa shape index (κ1) is 23.2. The van der Waals surface area contributed by atoms with E-state index in [2.05, 4.69) is 38.2 Å². The molecule has 1 fully saturated rings. The molecule has 0 radical (unpaired) electrons. The number of aryl methyl sites for hydroxylation is 1. The molecule has 0 unspecified atom stereocenters. The smallest absolute Gasteiger partial charge is 0.254 e. The van der Waals surface area contributed by atoms with E-state index in [0.717, 1.165) is 59.3 Å². The van der Waals surface area contributed by atoms with Gasteiger partial charge in [0.15, 0.2) is 0 Å². The van der Waals surface area contributed by atoms with Gasteiger partial charge in [-0.2, -0.15) is 5.10 Å². The highest BCUT2D eigenvalue weighted by molar-refractivity contribution is 6.05. The number of carbonyl (C=O) groups excluding carboxylic acids is 1. The molecule has 2 aliphatic heterocycles. The second-order valence-corrected chi connectivity index (χ2v) is 10.7. The van der Waals surface area contributed by atoms with Gasteiger partial charge < -0.3 is 19.5 Å². The van der Waals surface area contributed by atoms with E-state index in [-0.39, 0.29) is 5.91 Å². The number of methoxy groups -OCH3 is 1. The minimum atomic E-state index is 0.0299. The molecule has 0 saturated heterocycles. The van der Waals surface area contributed by atoms with Crippen LogP contribution in [-0.2, 0) is 26.7 Å². The molecule has 7 rings (SSSR count). The maximum Gasteiger partial charge on any atom is 0.254 e. The van der Waals surface area contributed by atoms with Crippen molar-refractivity contribution in [3.63, 3.8) is 0 Å². The molecule has 1 saturated carbocycles. The Labute approximate surface area is 221 Å². The summed E-state index contributed by atoms with van der Waals surface area (Å²) in [5.74, 6) is 1.29. The fourth-order valence-corrected chi connectivity index (χ4v) is 5.97. The summed E-state index contributed by atoms with van der Waals surface area (Å²) in [5, 5.41) is 8.97. The van der Waals surface area contributed by atoms with Gasteiger partial charge in [-0.15, -0.1) is 0 Å². The lowest BCUT2D eigenvalue weighted by atomic mass is 9.99. The monoisotopic (exact) mass is 508 g/mol. The highest BCUT2D eigenvalue weighted by atomic mass is 16.5. The zero-order valence-electron chi connectivity index (χ0n) is 21.9. The van der Waals surface area contributed by atoms with Crippen molar-refractivity contribution in [2.24, 2.45) is 13.0 Å². The average molecular weight is 509 g/mol. The van der Waals surface area contributed by atoms with Gasteiger partial charge in [0.1, 0.15) is 0 Å². The first-order valence-corrected chi connectivity index (χ1v) is 13.5. The van der Waals surface area contributed by atoms with Crippen molar-refractivity contribution in [1.82, 2.24) is 29.5 Å². The summed E-state index contributed by atoms with van der Waals surface area (Å²) in [6, 6.07) is 10.4. The first-order chi connectivity index (χ1) is 18.6. The third-order valence-corrected chi connectivity index (χ3v) is 8.13. The van der Waals surface area contributed by atoms with Crippen molar-refractivity contribution in [2.75, 3.05) is 20.2 Å². The van der Waals surface area contributed by atoms with Crippen LogP contribution < -0.4 is 10.1 Å². The zero-order valence-corrected chi connectivity index (χ0v) is 21.9. The predicted octanol–water partition coefficient (Wildman–Crippen LogP) is 4.39. The molecule has 0 spiro atoms. The Balaban J connectivity index is 1.41. The van der Waals surface area contributed by atoms with Crippen LogP contribution in [0.1, 0.15) is 46.6 Å². The van der Waals surface area contributed by atoms with E-state index in [9.17, 15) is 4.79 Å². The van der Waals surface area contributed by atoms with Crippen molar-refractivity contribution in [2.45, 2.75) is 38.9 Å². The van der Waals surface area contributed by atoms with E-state index < -0.39 is 0 Å². The maximum absolute atomic E-state index is 13.9. The van der Waals surface area contributed by atoms with E-state index in [1.807, 2.05) is 41.0 Å². The summed E-state index contributed by atoms with van der Waals surface area (Å²) in [6.45, 7) is 4.00. The molecule has 1 aromatic carbocycles. The largest absolute Gasteiger partial charge is 0.481 e. The van der Waals surface area contributed by atoms with Gasteiger partial charge in [0.2, 0.25) is 5.88 Å². The quantitative estimate of drug-likeness (QED) is 0.418. The molecule has 8 nitrogen and oxygen atoms in total. The minimum Gasteiger partial charge on any atom is -0.481 e. The van der Waals surface area contributed by atoms with E-state index in [1.165, 1.54) is 24.1 Å². The number of rotatable bonds is 6. The van der Waals surface area contributed by atoms with Gasteiger partial charge in [0.25, 0.3) is 5.91 Å². The van der Waals surface area contributed by atoms with Crippen molar-refractivity contribution >= 4 is 22.4 Å². The van der Waals surface area contributed by atoms with Crippen LogP contribution in [0.3, 0.4) is 0 Å². The first-order valence-electron chi connectivity index (χ1n) is 13.5. The lowest BCUT2D eigenvalue weighted by molar-refractivity contribution is 0.0748. The van der Waals surface area contributed by atoms with Crippen LogP contribution in [0, 0.1) is 5.92 Å². The van der Waals surface area contributed by atoms with Crippen LogP contribution in [-0.4, -0.2) is 50.3 Å². The molecule has 194 valence electrons. The molecular formula is C30H32N6O2. The number of nitrogens with zero attached hydrogens (tertiary/aromatic N) is 5. The third-order valence-electron chi connectivity index (χ3n) is 8.13. The van der Waals surface area contributed by atoms with Crippen molar-refractivity contribution in [3.05, 3.63) is 71.3 Å². The molecule has 3 aliphatic rings. The number of aromatic nitrogens is 4. The molecule has 1 aliphatic carbocycles. The lowest BCUT2D eigenvalue weighted by Gasteiger charge is -2.20. The second-order valence-electron chi connectivity index (χ2n) is 10.7. The highest BCUT2D eigenvalue weighted by Crippen LogP contribution is 2.41. The number of fused-ring (bicyclic) bond motifs is 2. The number of nitrogens with one attached hydrogen (secondary N) is 1. The molecule has 8 heteroatoms. The molecule has 3 aromatic heterocycles. The Kier molecular flexibility index (Phi) is 5.58. The van der Waals surface area contributed by atoms with E-state index >= 15 is 0 Å². The number of carbonyl (C=O) groups is 1. The average Bonchev–Trinajstić information content (AvgIpc) is 3.40. The number of ether oxygens (including phenoxy) is 1. The predicted molar refractivity (Wildman–Crippen MR) is 147 cm³/mol. The fourth-order valence-electron chi connectivity index (χ4n) is 5.97. The summed E-state index contributed by atoms with van der Waals surface area (Å²) < 4.78 is 10.1. The molecule has 0 bridgehead atoms. The van der Waals surface area contributed by atoms with Gasteiger partial charge in [0.05, 0.1) is 31.1 Å². The van der Waals surface area contributed by atoms with Gasteiger partial charge in [-0.05, 0) is 67.6 Å². The number of hydrogen-bond donors (Lipinski definition) is 1. The molecule has 0 atom stereocenters. The fraction of sp³-hybridized carbons (Fsp3) is 0.367. The SMILES string of the molecule is COc1ncccc1-c1cc(C(=O)N2Cc3cnn(C)c3C2)cc2cc(C3=CCCNC3)n(CC3CC3)c12. The Morgan fingerprint density at radius 3 is 2.84 bits per heavy atom. The number of benzene rings is 1. The summed E-state index contributed by atoms with van der Waals surface area (Å²) in [7, 11) is 3.59. The standard InChI is InChI=1S/C30H32N6O2/c1-34-27-18-35(17-23(27)15-33-34)30(37)22-11-21-13-26(20-5-3-9-31-14-20)36(16-19-7-8-19)28(21)25(12-22)24-6-4-10-32-29(24)38-2/h4-6,10-13,15,19,31H,3,7-9,14,16-18H2,1-2H3. The molecule has 1 amide bonds. The Hall–Kier alpha value is -3.91. The van der Waals surface area contributed by atoms with Gasteiger partial charge in [-0.25, -0.2) is 4.98 Å². The van der Waals surface area contributed by atoms with E-state index in [1.54, 1.807) is 13.3 Å². The summed E-state index contributed by atoms with van der Waals surface area (Å²) in [4.78, 5) is 20.3. The van der Waals surface area contributed by atoms with Crippen LogP contribution >= 0.6 is 0 Å². The number of hydrogen-bond acceptors (Lipinski definition) is 5. The van der Waals surface area contributed by atoms with Crippen LogP contribution in [0.5, 0.6) is 5.88 Å². The topological polar surface area (TPSA) is 77.2 Å². The third kappa shape index (κ3) is 3.91. The maximum atomic E-state index is 13.9. The Bertz CT molecular complexity index is 1590.